The van der Waals surface area contributed by atoms with Gasteiger partial charge in [0, 0.05) is 12.2 Å². The number of nitrogens with two attached hydrogens (primary N) is 1. The molecular formula is C12H17N3O. The molecule has 0 amide bonds. The minimum atomic E-state index is -0.0268. The highest BCUT2D eigenvalue weighted by atomic mass is 16.3. The zero-order valence-electron chi connectivity index (χ0n) is 9.84. The van der Waals surface area contributed by atoms with Gasteiger partial charge in [0.1, 0.15) is 11.5 Å². The van der Waals surface area contributed by atoms with Crippen molar-refractivity contribution in [1.29, 1.82) is 0 Å². The zero-order chi connectivity index (χ0) is 11.7. The van der Waals surface area contributed by atoms with E-state index in [9.17, 15) is 0 Å². The van der Waals surface area contributed by atoms with Crippen LogP contribution in [-0.4, -0.2) is 9.55 Å². The van der Waals surface area contributed by atoms with Crippen LogP contribution < -0.4 is 5.73 Å². The van der Waals surface area contributed by atoms with Crippen molar-refractivity contribution in [2.24, 2.45) is 5.73 Å². The minimum absolute atomic E-state index is 0.0268. The fourth-order valence-electron chi connectivity index (χ4n) is 1.81. The van der Waals surface area contributed by atoms with Crippen LogP contribution in [-0.2, 0) is 0 Å². The SMILES string of the molecule is Cc1ccc(C(C)n2cncc2[C@@H](C)N)o1. The zero-order valence-corrected chi connectivity index (χ0v) is 9.84. The van der Waals surface area contributed by atoms with Gasteiger partial charge in [-0.05, 0) is 32.9 Å². The second-order valence-electron chi connectivity index (χ2n) is 4.14. The monoisotopic (exact) mass is 219 g/mol. The van der Waals surface area contributed by atoms with E-state index in [2.05, 4.69) is 11.9 Å². The Morgan fingerprint density at radius 1 is 1.38 bits per heavy atom. The molecule has 0 radical (unpaired) electrons. The number of aryl methyl sites for hydroxylation is 1. The normalized spacial score (nSPS) is 15.0. The second kappa shape index (κ2) is 4.14. The highest BCUT2D eigenvalue weighted by molar-refractivity contribution is 5.14. The molecule has 16 heavy (non-hydrogen) atoms. The molecule has 2 atom stereocenters. The Morgan fingerprint density at radius 3 is 2.69 bits per heavy atom. The summed E-state index contributed by atoms with van der Waals surface area (Å²) >= 11 is 0. The van der Waals surface area contributed by atoms with Crippen LogP contribution in [0.2, 0.25) is 0 Å². The van der Waals surface area contributed by atoms with Crippen molar-refractivity contribution in [3.63, 3.8) is 0 Å². The maximum atomic E-state index is 5.89. The van der Waals surface area contributed by atoms with Crippen LogP contribution >= 0.6 is 0 Å². The van der Waals surface area contributed by atoms with Gasteiger partial charge < -0.3 is 14.7 Å². The van der Waals surface area contributed by atoms with Crippen molar-refractivity contribution in [2.45, 2.75) is 32.9 Å². The van der Waals surface area contributed by atoms with Crippen molar-refractivity contribution >= 4 is 0 Å². The maximum Gasteiger partial charge on any atom is 0.126 e. The predicted octanol–water partition coefficient (Wildman–Crippen LogP) is 2.41. The van der Waals surface area contributed by atoms with Gasteiger partial charge in [-0.15, -0.1) is 0 Å². The molecule has 1 unspecified atom stereocenters. The lowest BCUT2D eigenvalue weighted by Crippen LogP contribution is -2.15. The summed E-state index contributed by atoms with van der Waals surface area (Å²) in [6, 6.07) is 4.05. The summed E-state index contributed by atoms with van der Waals surface area (Å²) in [5, 5.41) is 0. The summed E-state index contributed by atoms with van der Waals surface area (Å²) in [4.78, 5) is 4.14. The molecule has 0 aromatic carbocycles. The van der Waals surface area contributed by atoms with Crippen LogP contribution in [0.5, 0.6) is 0 Å². The smallest absolute Gasteiger partial charge is 0.126 e. The van der Waals surface area contributed by atoms with Gasteiger partial charge >= 0.3 is 0 Å². The van der Waals surface area contributed by atoms with E-state index in [1.165, 1.54) is 0 Å². The Kier molecular flexibility index (Phi) is 2.83. The molecule has 0 aliphatic heterocycles. The van der Waals surface area contributed by atoms with Crippen molar-refractivity contribution in [3.05, 3.63) is 41.9 Å². The molecule has 2 heterocycles. The first-order chi connectivity index (χ1) is 7.59. The number of hydrogen-bond donors (Lipinski definition) is 1. The van der Waals surface area contributed by atoms with E-state index in [1.807, 2.05) is 30.5 Å². The lowest BCUT2D eigenvalue weighted by Gasteiger charge is -2.16. The van der Waals surface area contributed by atoms with Crippen LogP contribution in [0.4, 0.5) is 0 Å². The van der Waals surface area contributed by atoms with Crippen LogP contribution in [0.1, 0.15) is 43.1 Å². The first-order valence-corrected chi connectivity index (χ1v) is 5.43. The summed E-state index contributed by atoms with van der Waals surface area (Å²) in [6.45, 7) is 5.97. The molecule has 2 rings (SSSR count). The van der Waals surface area contributed by atoms with Gasteiger partial charge in [0.25, 0.3) is 0 Å². The van der Waals surface area contributed by atoms with Crippen molar-refractivity contribution in [2.75, 3.05) is 0 Å². The average molecular weight is 219 g/mol. The Morgan fingerprint density at radius 2 is 2.12 bits per heavy atom. The molecule has 2 N–H and O–H groups in total. The molecule has 0 saturated heterocycles. The van der Waals surface area contributed by atoms with Crippen molar-refractivity contribution < 1.29 is 4.42 Å². The van der Waals surface area contributed by atoms with E-state index in [4.69, 9.17) is 10.2 Å². The third kappa shape index (κ3) is 1.88. The fourth-order valence-corrected chi connectivity index (χ4v) is 1.81. The molecule has 0 saturated carbocycles. The van der Waals surface area contributed by atoms with Crippen LogP contribution in [0.15, 0.2) is 29.1 Å². The van der Waals surface area contributed by atoms with E-state index in [0.717, 1.165) is 17.2 Å². The van der Waals surface area contributed by atoms with Gasteiger partial charge in [-0.25, -0.2) is 4.98 Å². The Balaban J connectivity index is 2.33. The van der Waals surface area contributed by atoms with Gasteiger partial charge in [-0.1, -0.05) is 0 Å². The lowest BCUT2D eigenvalue weighted by atomic mass is 10.2. The third-order valence-corrected chi connectivity index (χ3v) is 2.75. The molecule has 0 spiro atoms. The summed E-state index contributed by atoms with van der Waals surface area (Å²) in [7, 11) is 0. The first-order valence-electron chi connectivity index (χ1n) is 5.43. The molecular weight excluding hydrogens is 202 g/mol. The summed E-state index contributed by atoms with van der Waals surface area (Å²) in [6.07, 6.45) is 3.60. The molecule has 0 aliphatic carbocycles. The number of furan rings is 1. The second-order valence-corrected chi connectivity index (χ2v) is 4.14. The molecule has 4 heteroatoms. The Labute approximate surface area is 95.1 Å². The molecule has 86 valence electrons. The minimum Gasteiger partial charge on any atom is -0.464 e. The highest BCUT2D eigenvalue weighted by Crippen LogP contribution is 2.23. The topological polar surface area (TPSA) is 57.0 Å². The quantitative estimate of drug-likeness (QED) is 0.862. The van der Waals surface area contributed by atoms with E-state index < -0.39 is 0 Å². The van der Waals surface area contributed by atoms with Gasteiger partial charge in [0.05, 0.1) is 18.1 Å². The highest BCUT2D eigenvalue weighted by Gasteiger charge is 2.16. The first kappa shape index (κ1) is 11.0. The van der Waals surface area contributed by atoms with E-state index in [-0.39, 0.29) is 12.1 Å². The molecule has 4 nitrogen and oxygen atoms in total. The molecule has 0 aliphatic rings. The van der Waals surface area contributed by atoms with E-state index in [1.54, 1.807) is 12.5 Å². The standard InChI is InChI=1S/C12H17N3O/c1-8-4-5-12(16-8)10(3)15-7-14-6-11(15)9(2)13/h4-7,9-10H,13H2,1-3H3/t9-,10?/m1/s1. The number of aromatic nitrogens is 2. The fraction of sp³-hybridized carbons (Fsp3) is 0.417. The predicted molar refractivity (Wildman–Crippen MR) is 62.1 cm³/mol. The molecule has 2 aromatic rings. The number of imidazole rings is 1. The number of hydrogen-bond acceptors (Lipinski definition) is 3. The summed E-state index contributed by atoms with van der Waals surface area (Å²) in [5.41, 5.74) is 6.90. The third-order valence-electron chi connectivity index (χ3n) is 2.75. The molecule has 0 bridgehead atoms. The van der Waals surface area contributed by atoms with E-state index >= 15 is 0 Å². The van der Waals surface area contributed by atoms with Gasteiger partial charge in [-0.2, -0.15) is 0 Å². The molecule has 0 fully saturated rings. The maximum absolute atomic E-state index is 5.89. The summed E-state index contributed by atoms with van der Waals surface area (Å²) in [5.74, 6) is 1.85. The van der Waals surface area contributed by atoms with E-state index in [0.29, 0.717) is 0 Å². The number of rotatable bonds is 3. The van der Waals surface area contributed by atoms with Gasteiger partial charge in [0.2, 0.25) is 0 Å². The van der Waals surface area contributed by atoms with Crippen molar-refractivity contribution in [3.8, 4) is 0 Å². The van der Waals surface area contributed by atoms with Crippen molar-refractivity contribution in [1.82, 2.24) is 9.55 Å². The lowest BCUT2D eigenvalue weighted by molar-refractivity contribution is 0.421. The largest absolute Gasteiger partial charge is 0.464 e. The average Bonchev–Trinajstić information content (AvgIpc) is 2.84. The van der Waals surface area contributed by atoms with Crippen LogP contribution in [0, 0.1) is 6.92 Å². The van der Waals surface area contributed by atoms with Gasteiger partial charge in [-0.3, -0.25) is 0 Å². The Bertz CT molecular complexity index is 470. The van der Waals surface area contributed by atoms with Crippen LogP contribution in [0.3, 0.4) is 0 Å². The Hall–Kier alpha value is -1.55. The number of nitrogens with zero attached hydrogens (tertiary/aromatic N) is 2. The summed E-state index contributed by atoms with van der Waals surface area (Å²) < 4.78 is 7.66. The van der Waals surface area contributed by atoms with Gasteiger partial charge in [0.15, 0.2) is 0 Å². The van der Waals surface area contributed by atoms with Crippen LogP contribution in [0.25, 0.3) is 0 Å². The molecule has 2 aromatic heterocycles.